The van der Waals surface area contributed by atoms with Gasteiger partial charge in [-0.05, 0) is 29.3 Å². The number of halogens is 2. The van der Waals surface area contributed by atoms with E-state index in [4.69, 9.17) is 27.6 Å². The zero-order valence-electron chi connectivity index (χ0n) is 14.3. The lowest BCUT2D eigenvalue weighted by atomic mass is 10.1. The number of hydrogen-bond acceptors (Lipinski definition) is 4. The molecule has 5 nitrogen and oxygen atoms in total. The van der Waals surface area contributed by atoms with Crippen molar-refractivity contribution in [2.24, 2.45) is 0 Å². The molecule has 0 fully saturated rings. The minimum Gasteiger partial charge on any atom is -0.410 e. The first-order valence-electron chi connectivity index (χ1n) is 8.39. The van der Waals surface area contributed by atoms with Gasteiger partial charge in [-0.15, -0.1) is 10.2 Å². The number of benzene rings is 2. The van der Waals surface area contributed by atoms with Crippen LogP contribution >= 0.6 is 35.0 Å². The highest BCUT2D eigenvalue weighted by Gasteiger charge is 2.20. The van der Waals surface area contributed by atoms with E-state index < -0.39 is 0 Å². The zero-order chi connectivity index (χ0) is 18.8. The van der Waals surface area contributed by atoms with Crippen LogP contribution in [0.1, 0.15) is 23.1 Å². The van der Waals surface area contributed by atoms with E-state index in [1.807, 2.05) is 36.5 Å². The third-order valence-corrected chi connectivity index (χ3v) is 5.87. The first-order valence-corrected chi connectivity index (χ1v) is 10.1. The average Bonchev–Trinajstić information content (AvgIpc) is 3.29. The molecule has 2 heterocycles. The summed E-state index contributed by atoms with van der Waals surface area (Å²) in [4.78, 5) is 3.28. The average molecular weight is 420 g/mol. The molecule has 0 radical (unpaired) electrons. The topological polar surface area (TPSA) is 82.4 Å². The van der Waals surface area contributed by atoms with Crippen LogP contribution in [0.15, 0.2) is 58.3 Å². The number of nitrogens with zero attached hydrogens (tertiary/aromatic N) is 2. The molecule has 0 bridgehead atoms. The van der Waals surface area contributed by atoms with Crippen LogP contribution in [0.5, 0.6) is 0 Å². The zero-order valence-corrected chi connectivity index (χ0v) is 16.6. The molecular formula is C19H17Cl2N4OS+. The largest absolute Gasteiger partial charge is 0.410 e. The number of quaternary nitrogens is 1. The molecule has 1 unspecified atom stereocenters. The van der Waals surface area contributed by atoms with Crippen molar-refractivity contribution in [2.75, 3.05) is 0 Å². The molecule has 2 aromatic carbocycles. The lowest BCUT2D eigenvalue weighted by Gasteiger charge is -2.04. The maximum absolute atomic E-state index is 6.20. The maximum atomic E-state index is 6.20. The monoisotopic (exact) mass is 419 g/mol. The number of aromatic amines is 1. The predicted molar refractivity (Wildman–Crippen MR) is 108 cm³/mol. The summed E-state index contributed by atoms with van der Waals surface area (Å²) >= 11 is 13.8. The molecule has 4 rings (SSSR count). The molecule has 0 spiro atoms. The number of H-pyrrole nitrogens is 1. The lowest BCUT2D eigenvalue weighted by molar-refractivity contribution is -0.431. The number of fused-ring (bicyclic) bond motifs is 1. The molecule has 4 N–H and O–H groups in total. The summed E-state index contributed by atoms with van der Waals surface area (Å²) < 4.78 is 5.79. The molecule has 0 saturated carbocycles. The molecule has 0 saturated heterocycles. The Morgan fingerprint density at radius 2 is 1.85 bits per heavy atom. The molecule has 8 heteroatoms. The van der Waals surface area contributed by atoms with Crippen molar-refractivity contribution < 1.29 is 10.2 Å². The van der Waals surface area contributed by atoms with E-state index >= 15 is 0 Å². The van der Waals surface area contributed by atoms with Crippen molar-refractivity contribution in [3.8, 4) is 0 Å². The molecular weight excluding hydrogens is 403 g/mol. The molecule has 0 aliphatic rings. The summed E-state index contributed by atoms with van der Waals surface area (Å²) in [6, 6.07) is 13.5. The normalized spacial score (nSPS) is 12.6. The van der Waals surface area contributed by atoms with Crippen LogP contribution in [0.3, 0.4) is 0 Å². The number of hydrogen-bond donors (Lipinski definition) is 2. The highest BCUT2D eigenvalue weighted by molar-refractivity contribution is 7.98. The van der Waals surface area contributed by atoms with Crippen molar-refractivity contribution in [2.45, 2.75) is 23.4 Å². The van der Waals surface area contributed by atoms with Crippen LogP contribution in [0, 0.1) is 0 Å². The quantitative estimate of drug-likeness (QED) is 0.444. The Labute approximate surface area is 170 Å². The third-order valence-electron chi connectivity index (χ3n) is 4.31. The standard InChI is InChI=1S/C19H16Cl2N4OS/c20-14-5-3-6-15(21)13(14)10-27-19-25-24-18(26-19)16(22)8-11-9-23-17-7-2-1-4-12(11)17/h1-7,9,16,23H,8,10,22H2/p+1. The molecule has 1 atom stereocenters. The number of thioether (sulfide) groups is 1. The van der Waals surface area contributed by atoms with Gasteiger partial charge in [-0.3, -0.25) is 0 Å². The molecule has 27 heavy (non-hydrogen) atoms. The Balaban J connectivity index is 1.44. The van der Waals surface area contributed by atoms with Gasteiger partial charge in [0.15, 0.2) is 6.04 Å². The molecule has 0 aliphatic carbocycles. The van der Waals surface area contributed by atoms with Gasteiger partial charge in [-0.1, -0.05) is 59.2 Å². The van der Waals surface area contributed by atoms with Crippen LogP contribution in [0.25, 0.3) is 10.9 Å². The smallest absolute Gasteiger partial charge is 0.277 e. The van der Waals surface area contributed by atoms with Crippen molar-refractivity contribution in [1.29, 1.82) is 0 Å². The maximum Gasteiger partial charge on any atom is 0.277 e. The van der Waals surface area contributed by atoms with Gasteiger partial charge in [0.1, 0.15) is 0 Å². The van der Waals surface area contributed by atoms with Crippen molar-refractivity contribution in [3.05, 3.63) is 75.7 Å². The van der Waals surface area contributed by atoms with Crippen LogP contribution < -0.4 is 5.73 Å². The van der Waals surface area contributed by atoms with Gasteiger partial charge in [0, 0.05) is 39.3 Å². The molecule has 2 aromatic heterocycles. The van der Waals surface area contributed by atoms with Crippen LogP contribution in [0.2, 0.25) is 10.0 Å². The first-order chi connectivity index (χ1) is 13.1. The number of aromatic nitrogens is 3. The second-order valence-corrected chi connectivity index (χ2v) is 7.90. The van der Waals surface area contributed by atoms with E-state index in [0.717, 1.165) is 11.1 Å². The summed E-state index contributed by atoms with van der Waals surface area (Å²) in [5.41, 5.74) is 7.34. The van der Waals surface area contributed by atoms with E-state index in [9.17, 15) is 0 Å². The third kappa shape index (κ3) is 3.99. The predicted octanol–water partition coefficient (Wildman–Crippen LogP) is 4.68. The summed E-state index contributed by atoms with van der Waals surface area (Å²) in [6.07, 6.45) is 2.72. The highest BCUT2D eigenvalue weighted by atomic mass is 35.5. The second kappa shape index (κ2) is 7.94. The van der Waals surface area contributed by atoms with Crippen LogP contribution in [-0.4, -0.2) is 15.2 Å². The second-order valence-electron chi connectivity index (χ2n) is 6.16. The van der Waals surface area contributed by atoms with Gasteiger partial charge < -0.3 is 15.1 Å². The molecule has 4 aromatic rings. The Hall–Kier alpha value is -1.99. The SMILES string of the molecule is [NH3+]C(Cc1c[nH]c2ccccc12)c1nnc(SCc2c(Cl)cccc2Cl)o1. The van der Waals surface area contributed by atoms with Crippen molar-refractivity contribution >= 4 is 45.9 Å². The van der Waals surface area contributed by atoms with E-state index in [1.54, 1.807) is 0 Å². The summed E-state index contributed by atoms with van der Waals surface area (Å²) in [5.74, 6) is 1.08. The lowest BCUT2D eigenvalue weighted by Crippen LogP contribution is -2.54. The van der Waals surface area contributed by atoms with Crippen molar-refractivity contribution in [1.82, 2.24) is 15.2 Å². The Morgan fingerprint density at radius 1 is 1.07 bits per heavy atom. The Morgan fingerprint density at radius 3 is 2.67 bits per heavy atom. The van der Waals surface area contributed by atoms with Crippen LogP contribution in [-0.2, 0) is 12.2 Å². The highest BCUT2D eigenvalue weighted by Crippen LogP contribution is 2.31. The van der Waals surface area contributed by atoms with Crippen LogP contribution in [0.4, 0.5) is 0 Å². The summed E-state index contributed by atoms with van der Waals surface area (Å²) in [7, 11) is 0. The van der Waals surface area contributed by atoms with Gasteiger partial charge >= 0.3 is 0 Å². The van der Waals surface area contributed by atoms with Gasteiger partial charge in [0.25, 0.3) is 11.1 Å². The van der Waals surface area contributed by atoms with Crippen molar-refractivity contribution in [3.63, 3.8) is 0 Å². The first kappa shape index (κ1) is 18.4. The Bertz CT molecular complexity index is 1060. The Kier molecular flexibility index (Phi) is 5.41. The van der Waals surface area contributed by atoms with Gasteiger partial charge in [-0.25, -0.2) is 0 Å². The molecule has 138 valence electrons. The minimum absolute atomic E-state index is 0.130. The summed E-state index contributed by atoms with van der Waals surface area (Å²) in [5, 5.41) is 11.2. The van der Waals surface area contributed by atoms with Gasteiger partial charge in [0.2, 0.25) is 0 Å². The summed E-state index contributed by atoms with van der Waals surface area (Å²) in [6.45, 7) is 0. The van der Waals surface area contributed by atoms with Gasteiger partial charge in [-0.2, -0.15) is 0 Å². The number of rotatable bonds is 6. The van der Waals surface area contributed by atoms with Gasteiger partial charge in [0.05, 0.1) is 0 Å². The molecule has 0 amide bonds. The van der Waals surface area contributed by atoms with E-state index in [2.05, 4.69) is 33.0 Å². The number of nitrogens with one attached hydrogen (secondary N) is 1. The fourth-order valence-corrected chi connectivity index (χ4v) is 4.41. The van der Waals surface area contributed by atoms with E-state index in [1.165, 1.54) is 22.7 Å². The minimum atomic E-state index is -0.130. The van der Waals surface area contributed by atoms with E-state index in [-0.39, 0.29) is 6.04 Å². The van der Waals surface area contributed by atoms with E-state index in [0.29, 0.717) is 33.3 Å². The fourth-order valence-electron chi connectivity index (χ4n) is 2.90. The number of para-hydroxylation sites is 1. The fraction of sp³-hybridized carbons (Fsp3) is 0.158. The molecule has 0 aliphatic heterocycles.